The number of halogens is 2. The Morgan fingerprint density at radius 1 is 1.41 bits per heavy atom. The number of hydrogen-bond acceptors (Lipinski definition) is 4. The van der Waals surface area contributed by atoms with Gasteiger partial charge in [0.15, 0.2) is 0 Å². The van der Waals surface area contributed by atoms with Crippen LogP contribution in [0.5, 0.6) is 0 Å². The van der Waals surface area contributed by atoms with Crippen LogP contribution in [0.2, 0.25) is 10.0 Å². The van der Waals surface area contributed by atoms with Crippen LogP contribution in [0, 0.1) is 0 Å². The maximum Gasteiger partial charge on any atom is 0.108 e. The number of aromatic nitrogens is 3. The lowest BCUT2D eigenvalue weighted by Crippen LogP contribution is -2.31. The van der Waals surface area contributed by atoms with Crippen LogP contribution in [0.4, 0.5) is 0 Å². The highest BCUT2D eigenvalue weighted by molar-refractivity contribution is 6.32. The Morgan fingerprint density at radius 2 is 2.18 bits per heavy atom. The second-order valence-corrected chi connectivity index (χ2v) is 4.29. The largest absolute Gasteiger partial charge is 0.270 e. The second kappa shape index (κ2) is 5.01. The molecule has 0 aliphatic carbocycles. The normalized spacial score (nSPS) is 12.7. The first-order chi connectivity index (χ1) is 8.15. The van der Waals surface area contributed by atoms with E-state index in [0.29, 0.717) is 15.7 Å². The van der Waals surface area contributed by atoms with Crippen LogP contribution in [-0.4, -0.2) is 14.8 Å². The standard InChI is InChI=1S/C10H11Cl2N5/c1-17-10(7(12)5-15-17)9(16-13)8-6(11)3-2-4-14-8/h2-5,9,16H,13H2,1H3. The molecule has 3 N–H and O–H groups in total. The van der Waals surface area contributed by atoms with E-state index in [-0.39, 0.29) is 0 Å². The van der Waals surface area contributed by atoms with E-state index in [0.717, 1.165) is 5.69 Å². The molecule has 2 heterocycles. The Balaban J connectivity index is 2.52. The lowest BCUT2D eigenvalue weighted by atomic mass is 10.1. The number of hydrazine groups is 1. The van der Waals surface area contributed by atoms with E-state index < -0.39 is 6.04 Å². The fourth-order valence-electron chi connectivity index (χ4n) is 1.64. The fourth-order valence-corrected chi connectivity index (χ4v) is 2.15. The average Bonchev–Trinajstić information content (AvgIpc) is 2.64. The van der Waals surface area contributed by atoms with E-state index in [1.54, 1.807) is 36.3 Å². The molecule has 2 rings (SSSR count). The summed E-state index contributed by atoms with van der Waals surface area (Å²) in [6.07, 6.45) is 3.20. The summed E-state index contributed by atoms with van der Waals surface area (Å²) in [5, 5.41) is 5.09. The van der Waals surface area contributed by atoms with Gasteiger partial charge in [-0.25, -0.2) is 5.43 Å². The van der Waals surface area contributed by atoms with Gasteiger partial charge in [-0.05, 0) is 12.1 Å². The van der Waals surface area contributed by atoms with E-state index >= 15 is 0 Å². The van der Waals surface area contributed by atoms with Gasteiger partial charge in [-0.2, -0.15) is 5.10 Å². The zero-order valence-corrected chi connectivity index (χ0v) is 10.6. The Bertz CT molecular complexity index is 506. The average molecular weight is 272 g/mol. The van der Waals surface area contributed by atoms with E-state index in [9.17, 15) is 0 Å². The highest BCUT2D eigenvalue weighted by atomic mass is 35.5. The van der Waals surface area contributed by atoms with Gasteiger partial charge in [0.2, 0.25) is 0 Å². The minimum atomic E-state index is -0.399. The molecular formula is C10H11Cl2N5. The smallest absolute Gasteiger partial charge is 0.108 e. The Kier molecular flexibility index (Phi) is 3.63. The van der Waals surface area contributed by atoms with Crippen LogP contribution in [-0.2, 0) is 7.05 Å². The summed E-state index contributed by atoms with van der Waals surface area (Å²) in [5.41, 5.74) is 3.98. The van der Waals surface area contributed by atoms with Crippen LogP contribution in [0.3, 0.4) is 0 Å². The molecule has 0 aliphatic rings. The van der Waals surface area contributed by atoms with E-state index in [2.05, 4.69) is 15.5 Å². The molecular weight excluding hydrogens is 261 g/mol. The van der Waals surface area contributed by atoms with Crippen molar-refractivity contribution in [3.63, 3.8) is 0 Å². The Morgan fingerprint density at radius 3 is 2.71 bits per heavy atom. The molecule has 0 saturated heterocycles. The third-order valence-electron chi connectivity index (χ3n) is 2.44. The van der Waals surface area contributed by atoms with Gasteiger partial charge in [0.25, 0.3) is 0 Å². The van der Waals surface area contributed by atoms with Gasteiger partial charge < -0.3 is 0 Å². The quantitative estimate of drug-likeness (QED) is 0.658. The topological polar surface area (TPSA) is 68.8 Å². The minimum Gasteiger partial charge on any atom is -0.270 e. The second-order valence-electron chi connectivity index (χ2n) is 3.47. The first-order valence-corrected chi connectivity index (χ1v) is 5.64. The van der Waals surface area contributed by atoms with Crippen molar-refractivity contribution >= 4 is 23.2 Å². The summed E-state index contributed by atoms with van der Waals surface area (Å²) in [5.74, 6) is 5.55. The molecule has 2 aromatic rings. The number of hydrogen-bond donors (Lipinski definition) is 2. The van der Waals surface area contributed by atoms with E-state index in [1.165, 1.54) is 0 Å². The molecule has 0 aliphatic heterocycles. The van der Waals surface area contributed by atoms with E-state index in [4.69, 9.17) is 29.0 Å². The summed E-state index contributed by atoms with van der Waals surface area (Å²) in [7, 11) is 1.78. The van der Waals surface area contributed by atoms with Crippen LogP contribution in [0.15, 0.2) is 24.5 Å². The SMILES string of the molecule is Cn1ncc(Cl)c1C(NN)c1ncccc1Cl. The zero-order chi connectivity index (χ0) is 12.4. The van der Waals surface area contributed by atoms with Gasteiger partial charge in [0.05, 0.1) is 27.6 Å². The summed E-state index contributed by atoms with van der Waals surface area (Å²) in [6, 6.07) is 3.10. The molecule has 0 radical (unpaired) electrons. The number of nitrogens with one attached hydrogen (secondary N) is 1. The molecule has 5 nitrogen and oxygen atoms in total. The Labute approximate surface area is 109 Å². The molecule has 0 aromatic carbocycles. The molecule has 0 amide bonds. The maximum absolute atomic E-state index is 6.09. The molecule has 0 bridgehead atoms. The van der Waals surface area contributed by atoms with Gasteiger partial charge in [-0.15, -0.1) is 0 Å². The highest BCUT2D eigenvalue weighted by Crippen LogP contribution is 2.29. The maximum atomic E-state index is 6.09. The van der Waals surface area contributed by atoms with Crippen molar-refractivity contribution in [2.45, 2.75) is 6.04 Å². The first kappa shape index (κ1) is 12.3. The van der Waals surface area contributed by atoms with Gasteiger partial charge in [0, 0.05) is 13.2 Å². The lowest BCUT2D eigenvalue weighted by Gasteiger charge is -2.17. The van der Waals surface area contributed by atoms with Crippen LogP contribution >= 0.6 is 23.2 Å². The van der Waals surface area contributed by atoms with Gasteiger partial charge in [-0.1, -0.05) is 23.2 Å². The number of rotatable bonds is 3. The van der Waals surface area contributed by atoms with E-state index in [1.807, 2.05) is 0 Å². The summed E-state index contributed by atoms with van der Waals surface area (Å²) < 4.78 is 1.64. The van der Waals surface area contributed by atoms with Gasteiger partial charge in [0.1, 0.15) is 6.04 Å². The highest BCUT2D eigenvalue weighted by Gasteiger charge is 2.22. The Hall–Kier alpha value is -1.14. The fraction of sp³-hybridized carbons (Fsp3) is 0.200. The third kappa shape index (κ3) is 2.28. The molecule has 17 heavy (non-hydrogen) atoms. The van der Waals surface area contributed by atoms with Crippen LogP contribution in [0.1, 0.15) is 17.4 Å². The molecule has 0 saturated carbocycles. The van der Waals surface area contributed by atoms with Crippen LogP contribution in [0.25, 0.3) is 0 Å². The van der Waals surface area contributed by atoms with Gasteiger partial charge >= 0.3 is 0 Å². The summed E-state index contributed by atoms with van der Waals surface area (Å²) >= 11 is 12.2. The van der Waals surface area contributed by atoms with Crippen molar-refractivity contribution < 1.29 is 0 Å². The molecule has 90 valence electrons. The molecule has 0 fully saturated rings. The van der Waals surface area contributed by atoms with Gasteiger partial charge in [-0.3, -0.25) is 15.5 Å². The van der Waals surface area contributed by atoms with Crippen molar-refractivity contribution in [1.29, 1.82) is 0 Å². The van der Waals surface area contributed by atoms with Crippen molar-refractivity contribution in [2.75, 3.05) is 0 Å². The molecule has 2 aromatic heterocycles. The number of pyridine rings is 1. The summed E-state index contributed by atoms with van der Waals surface area (Å²) in [4.78, 5) is 4.21. The minimum absolute atomic E-state index is 0.399. The number of nitrogens with two attached hydrogens (primary N) is 1. The third-order valence-corrected chi connectivity index (χ3v) is 3.05. The first-order valence-electron chi connectivity index (χ1n) is 4.89. The summed E-state index contributed by atoms with van der Waals surface area (Å²) in [6.45, 7) is 0. The molecule has 1 unspecified atom stereocenters. The predicted molar refractivity (Wildman–Crippen MR) is 66.6 cm³/mol. The predicted octanol–water partition coefficient (Wildman–Crippen LogP) is 1.67. The monoisotopic (exact) mass is 271 g/mol. The number of nitrogens with zero attached hydrogens (tertiary/aromatic N) is 3. The molecule has 7 heteroatoms. The zero-order valence-electron chi connectivity index (χ0n) is 9.06. The number of aryl methyl sites for hydroxylation is 1. The van der Waals surface area contributed by atoms with Crippen LogP contribution < -0.4 is 11.3 Å². The van der Waals surface area contributed by atoms with Crippen molar-refractivity contribution in [3.8, 4) is 0 Å². The lowest BCUT2D eigenvalue weighted by molar-refractivity contribution is 0.564. The van der Waals surface area contributed by atoms with Crippen molar-refractivity contribution in [1.82, 2.24) is 20.2 Å². The molecule has 1 atom stereocenters. The van der Waals surface area contributed by atoms with Crippen molar-refractivity contribution in [3.05, 3.63) is 46.0 Å². The molecule has 0 spiro atoms. The van der Waals surface area contributed by atoms with Crippen molar-refractivity contribution in [2.24, 2.45) is 12.9 Å².